The van der Waals surface area contributed by atoms with E-state index in [1.807, 2.05) is 36.4 Å². The number of rotatable bonds is 8. The molecule has 1 N–H and O–H groups in total. The van der Waals surface area contributed by atoms with Gasteiger partial charge in [0, 0.05) is 42.2 Å². The van der Waals surface area contributed by atoms with Gasteiger partial charge in [-0.3, -0.25) is 14.7 Å². The van der Waals surface area contributed by atoms with E-state index in [1.54, 1.807) is 43.4 Å². The Morgan fingerprint density at radius 1 is 1.16 bits per heavy atom. The number of halogens is 1. The second kappa shape index (κ2) is 10.6. The Kier molecular flexibility index (Phi) is 7.39. The normalized spacial score (nSPS) is 18.4. The average Bonchev–Trinajstić information content (AvgIpc) is 3.22. The Labute approximate surface area is 192 Å². The lowest BCUT2D eigenvalue weighted by Gasteiger charge is -2.23. The second-order valence-corrected chi connectivity index (χ2v) is 9.18. The van der Waals surface area contributed by atoms with Crippen LogP contribution in [0.15, 0.2) is 78.0 Å². The van der Waals surface area contributed by atoms with E-state index in [1.165, 1.54) is 12.1 Å². The summed E-state index contributed by atoms with van der Waals surface area (Å²) in [5.74, 6) is 0.578. The molecule has 1 fully saturated rings. The molecule has 0 saturated carbocycles. The van der Waals surface area contributed by atoms with Crippen molar-refractivity contribution in [3.05, 3.63) is 90.0 Å². The molecule has 0 bridgehead atoms. The number of thioether (sulfide) groups is 1. The van der Waals surface area contributed by atoms with Crippen LogP contribution in [0.4, 0.5) is 4.39 Å². The summed E-state index contributed by atoms with van der Waals surface area (Å²) in [6.45, 7) is 1.83. The standard InChI is InChI=1S/C25H26FN3O2S/c1-31-21-8-10-22(11-9-21)32-23-13-24(25(30)28-15-19-3-2-12-27-14-19)29(17-23)16-18-4-6-20(26)7-5-18/h2-12,14,23-24H,13,15-17H2,1H3,(H,28,30)/t23-,24+/m1/s1. The van der Waals surface area contributed by atoms with Crippen LogP contribution in [0.25, 0.3) is 0 Å². The molecule has 2 aromatic carbocycles. The molecular weight excluding hydrogens is 425 g/mol. The maximum Gasteiger partial charge on any atom is 0.237 e. The third-order valence-corrected chi connectivity index (χ3v) is 6.74. The summed E-state index contributed by atoms with van der Waals surface area (Å²) < 4.78 is 18.6. The van der Waals surface area contributed by atoms with Crippen molar-refractivity contribution in [2.45, 2.75) is 35.7 Å². The molecule has 2 atom stereocenters. The van der Waals surface area contributed by atoms with Crippen LogP contribution in [0, 0.1) is 5.82 Å². The highest BCUT2D eigenvalue weighted by atomic mass is 32.2. The zero-order valence-corrected chi connectivity index (χ0v) is 18.7. The number of methoxy groups -OCH3 is 1. The lowest BCUT2D eigenvalue weighted by Crippen LogP contribution is -2.42. The number of nitrogens with one attached hydrogen (secondary N) is 1. The molecule has 0 aliphatic carbocycles. The number of likely N-dealkylation sites (tertiary alicyclic amines) is 1. The molecule has 1 saturated heterocycles. The fourth-order valence-electron chi connectivity index (χ4n) is 3.88. The summed E-state index contributed by atoms with van der Waals surface area (Å²) in [6.07, 6.45) is 4.22. The van der Waals surface area contributed by atoms with Gasteiger partial charge in [0.15, 0.2) is 0 Å². The molecule has 0 unspecified atom stereocenters. The van der Waals surface area contributed by atoms with Gasteiger partial charge in [-0.25, -0.2) is 4.39 Å². The summed E-state index contributed by atoms with van der Waals surface area (Å²) in [5.41, 5.74) is 1.96. The summed E-state index contributed by atoms with van der Waals surface area (Å²) in [6, 6.07) is 18.0. The molecular formula is C25H26FN3O2S. The maximum atomic E-state index is 13.3. The number of benzene rings is 2. The van der Waals surface area contributed by atoms with Crippen molar-refractivity contribution in [1.82, 2.24) is 15.2 Å². The fraction of sp³-hybridized carbons (Fsp3) is 0.280. The Bertz CT molecular complexity index is 1020. The van der Waals surface area contributed by atoms with E-state index in [0.717, 1.165) is 34.7 Å². The maximum absolute atomic E-state index is 13.3. The number of carbonyl (C=O) groups is 1. The Morgan fingerprint density at radius 3 is 2.62 bits per heavy atom. The molecule has 4 rings (SSSR count). The van der Waals surface area contributed by atoms with Crippen molar-refractivity contribution in [1.29, 1.82) is 0 Å². The largest absolute Gasteiger partial charge is 0.497 e. The minimum atomic E-state index is -0.256. The van der Waals surface area contributed by atoms with Crippen molar-refractivity contribution in [2.24, 2.45) is 0 Å². The van der Waals surface area contributed by atoms with Crippen LogP contribution in [0.3, 0.4) is 0 Å². The van der Waals surface area contributed by atoms with E-state index in [4.69, 9.17) is 4.74 Å². The van der Waals surface area contributed by atoms with Crippen molar-refractivity contribution in [3.8, 4) is 5.75 Å². The topological polar surface area (TPSA) is 54.5 Å². The molecule has 7 heteroatoms. The number of nitrogens with zero attached hydrogens (tertiary/aromatic N) is 2. The lowest BCUT2D eigenvalue weighted by molar-refractivity contribution is -0.125. The summed E-state index contributed by atoms with van der Waals surface area (Å²) in [5, 5.41) is 3.33. The molecule has 32 heavy (non-hydrogen) atoms. The van der Waals surface area contributed by atoms with Crippen LogP contribution in [0.5, 0.6) is 5.75 Å². The van der Waals surface area contributed by atoms with Gasteiger partial charge in [0.05, 0.1) is 13.2 Å². The van der Waals surface area contributed by atoms with E-state index in [-0.39, 0.29) is 23.0 Å². The van der Waals surface area contributed by atoms with Gasteiger partial charge in [0.2, 0.25) is 5.91 Å². The van der Waals surface area contributed by atoms with Gasteiger partial charge >= 0.3 is 0 Å². The molecule has 1 amide bonds. The minimum absolute atomic E-state index is 0.00814. The third kappa shape index (κ3) is 5.87. The first-order valence-corrected chi connectivity index (χ1v) is 11.4. The van der Waals surface area contributed by atoms with E-state index >= 15 is 0 Å². The predicted molar refractivity (Wildman–Crippen MR) is 124 cm³/mol. The number of pyridine rings is 1. The highest BCUT2D eigenvalue weighted by molar-refractivity contribution is 8.00. The van der Waals surface area contributed by atoms with Gasteiger partial charge in [-0.05, 0) is 60.0 Å². The highest BCUT2D eigenvalue weighted by Crippen LogP contribution is 2.34. The molecule has 1 aliphatic heterocycles. The van der Waals surface area contributed by atoms with Crippen LogP contribution in [-0.2, 0) is 17.9 Å². The van der Waals surface area contributed by atoms with Gasteiger partial charge in [-0.2, -0.15) is 0 Å². The smallest absolute Gasteiger partial charge is 0.237 e. The highest BCUT2D eigenvalue weighted by Gasteiger charge is 2.37. The van der Waals surface area contributed by atoms with Crippen molar-refractivity contribution in [3.63, 3.8) is 0 Å². The first kappa shape index (κ1) is 22.3. The van der Waals surface area contributed by atoms with Crippen LogP contribution in [0.1, 0.15) is 17.5 Å². The van der Waals surface area contributed by atoms with E-state index in [9.17, 15) is 9.18 Å². The van der Waals surface area contributed by atoms with Gasteiger partial charge in [0.1, 0.15) is 11.6 Å². The zero-order valence-electron chi connectivity index (χ0n) is 17.9. The number of hydrogen-bond acceptors (Lipinski definition) is 5. The molecule has 2 heterocycles. The molecule has 0 radical (unpaired) electrons. The SMILES string of the molecule is COc1ccc(S[C@@H]2C[C@@H](C(=O)NCc3cccnc3)N(Cc3ccc(F)cc3)C2)cc1. The third-order valence-electron chi connectivity index (χ3n) is 5.52. The van der Waals surface area contributed by atoms with Gasteiger partial charge < -0.3 is 10.1 Å². The average molecular weight is 452 g/mol. The summed E-state index contributed by atoms with van der Waals surface area (Å²) in [7, 11) is 1.65. The lowest BCUT2D eigenvalue weighted by atomic mass is 10.1. The first-order chi connectivity index (χ1) is 15.6. The minimum Gasteiger partial charge on any atom is -0.497 e. The zero-order chi connectivity index (χ0) is 22.3. The molecule has 5 nitrogen and oxygen atoms in total. The van der Waals surface area contributed by atoms with Crippen molar-refractivity contribution < 1.29 is 13.9 Å². The molecule has 1 aromatic heterocycles. The van der Waals surface area contributed by atoms with Crippen molar-refractivity contribution >= 4 is 17.7 Å². The van der Waals surface area contributed by atoms with Crippen molar-refractivity contribution in [2.75, 3.05) is 13.7 Å². The molecule has 3 aromatic rings. The van der Waals surface area contributed by atoms with Crippen LogP contribution in [-0.4, -0.2) is 40.7 Å². The number of carbonyl (C=O) groups excluding carboxylic acids is 1. The molecule has 166 valence electrons. The van der Waals surface area contributed by atoms with Gasteiger partial charge in [-0.15, -0.1) is 11.8 Å². The quantitative estimate of drug-likeness (QED) is 0.554. The first-order valence-electron chi connectivity index (χ1n) is 10.6. The van der Waals surface area contributed by atoms with E-state index < -0.39 is 0 Å². The molecule has 1 aliphatic rings. The summed E-state index contributed by atoms with van der Waals surface area (Å²) >= 11 is 1.78. The number of ether oxygens (including phenoxy) is 1. The van der Waals surface area contributed by atoms with E-state index in [2.05, 4.69) is 15.2 Å². The summed E-state index contributed by atoms with van der Waals surface area (Å²) in [4.78, 5) is 20.5. The number of aromatic nitrogens is 1. The van der Waals surface area contributed by atoms with Gasteiger partial charge in [-0.1, -0.05) is 18.2 Å². The van der Waals surface area contributed by atoms with Crippen LogP contribution >= 0.6 is 11.8 Å². The Balaban J connectivity index is 1.44. The predicted octanol–water partition coefficient (Wildman–Crippen LogP) is 4.28. The van der Waals surface area contributed by atoms with E-state index in [0.29, 0.717) is 13.1 Å². The van der Waals surface area contributed by atoms with Crippen LogP contribution in [0.2, 0.25) is 0 Å². The number of hydrogen-bond donors (Lipinski definition) is 1. The number of amides is 1. The monoisotopic (exact) mass is 451 g/mol. The van der Waals surface area contributed by atoms with Crippen LogP contribution < -0.4 is 10.1 Å². The molecule has 0 spiro atoms. The Hall–Kier alpha value is -2.90. The van der Waals surface area contributed by atoms with Gasteiger partial charge in [0.25, 0.3) is 0 Å². The Morgan fingerprint density at radius 2 is 1.94 bits per heavy atom. The fourth-order valence-corrected chi connectivity index (χ4v) is 5.10. The second-order valence-electron chi connectivity index (χ2n) is 7.80.